The third-order valence-electron chi connectivity index (χ3n) is 4.76. The van der Waals surface area contributed by atoms with Gasteiger partial charge in [0.15, 0.2) is 0 Å². The van der Waals surface area contributed by atoms with E-state index in [1.165, 1.54) is 6.21 Å². The van der Waals surface area contributed by atoms with Crippen LogP contribution in [0.25, 0.3) is 11.3 Å². The summed E-state index contributed by atoms with van der Waals surface area (Å²) in [6.07, 6.45) is 2.35. The van der Waals surface area contributed by atoms with Crippen molar-refractivity contribution in [2.24, 2.45) is 5.10 Å². The third kappa shape index (κ3) is 6.32. The van der Waals surface area contributed by atoms with E-state index in [2.05, 4.69) is 10.5 Å². The van der Waals surface area contributed by atoms with Crippen molar-refractivity contribution in [3.8, 4) is 11.3 Å². The Morgan fingerprint density at radius 3 is 2.44 bits per heavy atom. The lowest BCUT2D eigenvalue weighted by atomic mass is 10.1. The summed E-state index contributed by atoms with van der Waals surface area (Å²) in [4.78, 5) is 24.1. The number of ether oxygens (including phenoxy) is 1. The molecule has 1 N–H and O–H groups in total. The van der Waals surface area contributed by atoms with Gasteiger partial charge in [-0.3, -0.25) is 9.10 Å². The van der Waals surface area contributed by atoms with Gasteiger partial charge in [0.2, 0.25) is 10.0 Å². The molecule has 0 saturated heterocycles. The number of anilines is 1. The van der Waals surface area contributed by atoms with Crippen molar-refractivity contribution < 1.29 is 27.2 Å². The van der Waals surface area contributed by atoms with E-state index in [0.29, 0.717) is 29.4 Å². The number of furan rings is 1. The third-order valence-corrected chi connectivity index (χ3v) is 5.89. The van der Waals surface area contributed by atoms with Crippen LogP contribution in [-0.2, 0) is 19.6 Å². The van der Waals surface area contributed by atoms with Gasteiger partial charge in [-0.2, -0.15) is 5.10 Å². The van der Waals surface area contributed by atoms with Gasteiger partial charge in [0.25, 0.3) is 5.91 Å². The average Bonchev–Trinajstić information content (AvgIpc) is 3.26. The zero-order valence-corrected chi connectivity index (χ0v) is 19.8. The number of carbonyl (C=O) groups is 2. The van der Waals surface area contributed by atoms with Crippen molar-refractivity contribution in [2.45, 2.75) is 13.8 Å². The molecule has 1 amide bonds. The first-order valence-electron chi connectivity index (χ1n) is 10.4. The van der Waals surface area contributed by atoms with Gasteiger partial charge in [0, 0.05) is 5.56 Å². The number of nitrogens with one attached hydrogen (secondary N) is 1. The van der Waals surface area contributed by atoms with E-state index in [0.717, 1.165) is 21.7 Å². The first-order chi connectivity index (χ1) is 16.2. The molecule has 1 aromatic heterocycles. The van der Waals surface area contributed by atoms with Crippen molar-refractivity contribution in [3.05, 3.63) is 77.6 Å². The normalized spacial score (nSPS) is 11.4. The fraction of sp³-hybridized carbons (Fsp3) is 0.208. The number of hydrogen-bond acceptors (Lipinski definition) is 7. The zero-order valence-electron chi connectivity index (χ0n) is 19.0. The minimum absolute atomic E-state index is 0.302. The second-order valence-electron chi connectivity index (χ2n) is 7.35. The number of nitrogens with zero attached hydrogens (tertiary/aromatic N) is 2. The van der Waals surface area contributed by atoms with Gasteiger partial charge in [0.05, 0.1) is 30.3 Å². The summed E-state index contributed by atoms with van der Waals surface area (Å²) in [6.45, 7) is 3.39. The minimum Gasteiger partial charge on any atom is -0.462 e. The van der Waals surface area contributed by atoms with Gasteiger partial charge in [-0.1, -0.05) is 30.3 Å². The van der Waals surface area contributed by atoms with Crippen LogP contribution in [-0.4, -0.2) is 45.9 Å². The lowest BCUT2D eigenvalue weighted by Gasteiger charge is -2.22. The molecule has 0 unspecified atom stereocenters. The molecule has 3 rings (SSSR count). The van der Waals surface area contributed by atoms with Crippen molar-refractivity contribution in [2.75, 3.05) is 23.7 Å². The highest BCUT2D eigenvalue weighted by Gasteiger charge is 2.22. The van der Waals surface area contributed by atoms with Crippen LogP contribution >= 0.6 is 0 Å². The maximum atomic E-state index is 12.3. The summed E-state index contributed by atoms with van der Waals surface area (Å²) in [5.41, 5.74) is 4.66. The van der Waals surface area contributed by atoms with E-state index in [1.54, 1.807) is 74.5 Å². The number of sulfonamides is 1. The summed E-state index contributed by atoms with van der Waals surface area (Å²) in [7, 11) is -3.68. The zero-order chi connectivity index (χ0) is 24.7. The van der Waals surface area contributed by atoms with Crippen LogP contribution in [0.15, 0.2) is 70.2 Å². The number of hydrazone groups is 1. The molecule has 2 aromatic carbocycles. The second-order valence-corrected chi connectivity index (χ2v) is 9.26. The molecule has 0 bridgehead atoms. The fourth-order valence-electron chi connectivity index (χ4n) is 3.12. The van der Waals surface area contributed by atoms with Crippen LogP contribution in [0.1, 0.15) is 28.6 Å². The number of carbonyl (C=O) groups excluding carboxylic acids is 2. The van der Waals surface area contributed by atoms with Crippen LogP contribution in [0.2, 0.25) is 0 Å². The number of esters is 1. The molecule has 178 valence electrons. The average molecular weight is 484 g/mol. The van der Waals surface area contributed by atoms with Crippen LogP contribution < -0.4 is 9.73 Å². The Bertz CT molecular complexity index is 1300. The highest BCUT2D eigenvalue weighted by atomic mass is 32.2. The lowest BCUT2D eigenvalue weighted by Crippen LogP contribution is -2.39. The molecule has 0 aliphatic heterocycles. The number of aryl methyl sites for hydroxylation is 1. The molecule has 0 atom stereocenters. The first kappa shape index (κ1) is 24.7. The van der Waals surface area contributed by atoms with E-state index >= 15 is 0 Å². The standard InChI is InChI=1S/C24H25N3O6S/c1-4-32-24(29)19-11-9-18(10-12-19)22-14-13-20(33-22)15-25-26-23(28)16-27(34(3,30)31)21-8-6-5-7-17(21)2/h5-15H,4,16H2,1-3H3,(H,26,28)/b25-15-. The Morgan fingerprint density at radius 1 is 1.09 bits per heavy atom. The predicted octanol–water partition coefficient (Wildman–Crippen LogP) is 3.35. The molecular formula is C24H25N3O6S. The summed E-state index contributed by atoms with van der Waals surface area (Å²) in [6, 6.07) is 17.0. The summed E-state index contributed by atoms with van der Waals surface area (Å²) < 4.78 is 36.1. The molecule has 3 aromatic rings. The Balaban J connectivity index is 1.63. The Labute approximate surface area is 198 Å². The molecule has 0 spiro atoms. The van der Waals surface area contributed by atoms with Crippen molar-refractivity contribution >= 4 is 33.8 Å². The number of amides is 1. The van der Waals surface area contributed by atoms with Crippen LogP contribution in [0.3, 0.4) is 0 Å². The molecule has 0 aliphatic rings. The first-order valence-corrected chi connectivity index (χ1v) is 12.3. The van der Waals surface area contributed by atoms with E-state index in [1.807, 2.05) is 0 Å². The largest absolute Gasteiger partial charge is 0.462 e. The van der Waals surface area contributed by atoms with Gasteiger partial charge < -0.3 is 9.15 Å². The lowest BCUT2D eigenvalue weighted by molar-refractivity contribution is -0.119. The van der Waals surface area contributed by atoms with Crippen LogP contribution in [0.5, 0.6) is 0 Å². The maximum absolute atomic E-state index is 12.3. The van der Waals surface area contributed by atoms with Gasteiger partial charge in [-0.15, -0.1) is 0 Å². The van der Waals surface area contributed by atoms with Gasteiger partial charge in [-0.25, -0.2) is 18.6 Å². The summed E-state index contributed by atoms with van der Waals surface area (Å²) in [5.74, 6) is -0.0742. The Hall–Kier alpha value is -3.92. The highest BCUT2D eigenvalue weighted by Crippen LogP contribution is 2.23. The van der Waals surface area contributed by atoms with E-state index in [4.69, 9.17) is 9.15 Å². The van der Waals surface area contributed by atoms with Crippen molar-refractivity contribution in [3.63, 3.8) is 0 Å². The second kappa shape index (κ2) is 10.8. The van der Waals surface area contributed by atoms with E-state index in [9.17, 15) is 18.0 Å². The molecule has 0 saturated carbocycles. The highest BCUT2D eigenvalue weighted by molar-refractivity contribution is 7.92. The van der Waals surface area contributed by atoms with Crippen LogP contribution in [0.4, 0.5) is 5.69 Å². The van der Waals surface area contributed by atoms with Gasteiger partial charge in [-0.05, 0) is 49.7 Å². The molecule has 34 heavy (non-hydrogen) atoms. The topological polar surface area (TPSA) is 118 Å². The molecule has 0 fully saturated rings. The fourth-order valence-corrected chi connectivity index (χ4v) is 4.03. The van der Waals surface area contributed by atoms with Crippen molar-refractivity contribution in [1.29, 1.82) is 0 Å². The molecule has 10 heteroatoms. The summed E-state index contributed by atoms with van der Waals surface area (Å²) in [5, 5.41) is 3.86. The van der Waals surface area contributed by atoms with Crippen molar-refractivity contribution in [1.82, 2.24) is 5.43 Å². The smallest absolute Gasteiger partial charge is 0.338 e. The van der Waals surface area contributed by atoms with Crippen LogP contribution in [0, 0.1) is 6.92 Å². The molecule has 1 heterocycles. The molecule has 0 aliphatic carbocycles. The molecule has 0 radical (unpaired) electrons. The molecule has 9 nitrogen and oxygen atoms in total. The monoisotopic (exact) mass is 483 g/mol. The number of hydrogen-bond donors (Lipinski definition) is 1. The van der Waals surface area contributed by atoms with E-state index < -0.39 is 28.4 Å². The SMILES string of the molecule is CCOC(=O)c1ccc(-c2ccc(/C=N\NC(=O)CN(c3ccccc3C)S(C)(=O)=O)o2)cc1. The predicted molar refractivity (Wildman–Crippen MR) is 129 cm³/mol. The quantitative estimate of drug-likeness (QED) is 0.283. The number of benzene rings is 2. The maximum Gasteiger partial charge on any atom is 0.338 e. The Kier molecular flexibility index (Phi) is 7.85. The summed E-state index contributed by atoms with van der Waals surface area (Å²) >= 11 is 0. The van der Waals surface area contributed by atoms with Gasteiger partial charge in [0.1, 0.15) is 18.1 Å². The van der Waals surface area contributed by atoms with Gasteiger partial charge >= 0.3 is 5.97 Å². The van der Waals surface area contributed by atoms with E-state index in [-0.39, 0.29) is 0 Å². The Morgan fingerprint density at radius 2 is 1.79 bits per heavy atom. The minimum atomic E-state index is -3.68. The molecular weight excluding hydrogens is 458 g/mol. The number of rotatable bonds is 9. The number of para-hydroxylation sites is 1.